The highest BCUT2D eigenvalue weighted by atomic mass is 15.3. The summed E-state index contributed by atoms with van der Waals surface area (Å²) in [4.78, 5) is 8.42. The third-order valence-corrected chi connectivity index (χ3v) is 18.2. The smallest absolute Gasteiger partial charge is 0.252 e. The van der Waals surface area contributed by atoms with Crippen molar-refractivity contribution in [2.75, 3.05) is 14.7 Å². The van der Waals surface area contributed by atoms with Crippen LogP contribution < -0.4 is 31.1 Å². The number of fused-ring (bicyclic) bond motifs is 12. The maximum absolute atomic E-state index is 2.91. The minimum Gasteiger partial charge on any atom is -0.334 e. The molecule has 3 nitrogen and oxygen atoms in total. The minimum atomic E-state index is -0.317. The Morgan fingerprint density at radius 2 is 1.23 bits per heavy atom. The summed E-state index contributed by atoms with van der Waals surface area (Å²) in [7, 11) is 0. The van der Waals surface area contributed by atoms with Crippen LogP contribution in [0.4, 0.5) is 39.8 Å². The lowest BCUT2D eigenvalue weighted by atomic mass is 9.33. The molecule has 0 aromatic heterocycles. The molecule has 0 saturated heterocycles. The van der Waals surface area contributed by atoms with E-state index in [-0.39, 0.29) is 39.5 Å². The largest absolute Gasteiger partial charge is 0.334 e. The van der Waals surface area contributed by atoms with E-state index in [4.69, 9.17) is 0 Å². The van der Waals surface area contributed by atoms with Crippen LogP contribution in [0.3, 0.4) is 0 Å². The molecular weight excluding hydrogens is 773 g/mol. The van der Waals surface area contributed by atoms with Crippen LogP contribution in [0, 0.1) is 13.8 Å². The summed E-state index contributed by atoms with van der Waals surface area (Å²) in [6, 6.07) is 44.2. The van der Waals surface area contributed by atoms with Crippen LogP contribution in [0.2, 0.25) is 0 Å². The highest BCUT2D eigenvalue weighted by molar-refractivity contribution is 7.00. The van der Waals surface area contributed by atoms with E-state index in [9.17, 15) is 0 Å². The Balaban J connectivity index is 1.24. The number of aryl methyl sites for hydroxylation is 3. The molecule has 4 heterocycles. The van der Waals surface area contributed by atoms with E-state index in [2.05, 4.69) is 207 Å². The topological polar surface area (TPSA) is 9.72 Å². The molecule has 4 atom stereocenters. The molecule has 4 aliphatic heterocycles. The number of hydrogen-bond acceptors (Lipinski definition) is 3. The van der Waals surface area contributed by atoms with Gasteiger partial charge in [0.1, 0.15) is 0 Å². The zero-order valence-corrected chi connectivity index (χ0v) is 40.6. The van der Waals surface area contributed by atoms with E-state index >= 15 is 0 Å². The molecule has 1 saturated carbocycles. The SMILES string of the molecule is Cc1cccc(N2c3cc(C)ccc3B3c4cc(C(C)(C)C)cc5c4N(c4cc(N6c7ccc(C(C)(C)C)cc7C7(C)CCCCC67C)cc2c43)C2(C)c3ccccc3CCC52C)c1. The summed E-state index contributed by atoms with van der Waals surface area (Å²) in [5.74, 6) is 0. The van der Waals surface area contributed by atoms with Gasteiger partial charge >= 0.3 is 0 Å². The normalized spacial score (nSPS) is 25.9. The maximum Gasteiger partial charge on any atom is 0.252 e. The molecule has 6 aliphatic rings. The fourth-order valence-electron chi connectivity index (χ4n) is 14.2. The summed E-state index contributed by atoms with van der Waals surface area (Å²) < 4.78 is 0. The van der Waals surface area contributed by atoms with Crippen molar-refractivity contribution in [3.05, 3.63) is 154 Å². The molecule has 0 radical (unpaired) electrons. The van der Waals surface area contributed by atoms with E-state index < -0.39 is 0 Å². The van der Waals surface area contributed by atoms with Crippen LogP contribution in [0.5, 0.6) is 0 Å². The number of rotatable bonds is 2. The summed E-state index contributed by atoms with van der Waals surface area (Å²) in [6.45, 7) is 29.4. The van der Waals surface area contributed by atoms with Crippen LogP contribution in [0.1, 0.15) is 146 Å². The molecule has 0 bridgehead atoms. The summed E-state index contributed by atoms with van der Waals surface area (Å²) in [6.07, 6.45) is 7.09. The van der Waals surface area contributed by atoms with E-state index in [0.717, 1.165) is 19.3 Å². The second kappa shape index (κ2) is 12.8. The molecule has 324 valence electrons. The van der Waals surface area contributed by atoms with Gasteiger partial charge in [-0.05, 0) is 162 Å². The van der Waals surface area contributed by atoms with Gasteiger partial charge in [-0.25, -0.2) is 0 Å². The molecule has 12 rings (SSSR count). The van der Waals surface area contributed by atoms with Gasteiger partial charge in [0.05, 0.1) is 11.1 Å². The number of nitrogens with zero attached hydrogens (tertiary/aromatic N) is 3. The van der Waals surface area contributed by atoms with Crippen molar-refractivity contribution in [3.8, 4) is 0 Å². The first-order chi connectivity index (χ1) is 30.3. The lowest BCUT2D eigenvalue weighted by Gasteiger charge is -2.54. The molecule has 6 aromatic rings. The highest BCUT2D eigenvalue weighted by Crippen LogP contribution is 2.66. The Hall–Kier alpha value is -5.22. The predicted octanol–water partition coefficient (Wildman–Crippen LogP) is 13.5. The average Bonchev–Trinajstić information content (AvgIpc) is 3.59. The van der Waals surface area contributed by atoms with E-state index in [0.29, 0.717) is 0 Å². The molecule has 0 spiro atoms. The van der Waals surface area contributed by atoms with Crippen molar-refractivity contribution < 1.29 is 0 Å². The third kappa shape index (κ3) is 4.96. The van der Waals surface area contributed by atoms with Crippen molar-refractivity contribution >= 4 is 62.9 Å². The third-order valence-electron chi connectivity index (χ3n) is 18.2. The van der Waals surface area contributed by atoms with Gasteiger partial charge in [0.2, 0.25) is 0 Å². The Bertz CT molecular complexity index is 3000. The van der Waals surface area contributed by atoms with Crippen LogP contribution in [-0.2, 0) is 33.6 Å². The fraction of sp³-hybridized carbons (Fsp3) is 0.400. The summed E-state index contributed by atoms with van der Waals surface area (Å²) >= 11 is 0. The first-order valence-corrected chi connectivity index (χ1v) is 24.5. The summed E-state index contributed by atoms with van der Waals surface area (Å²) in [5, 5.41) is 0. The predicted molar refractivity (Wildman–Crippen MR) is 274 cm³/mol. The number of hydrogen-bond donors (Lipinski definition) is 0. The second-order valence-corrected chi connectivity index (χ2v) is 23.8. The maximum atomic E-state index is 2.91. The van der Waals surface area contributed by atoms with Crippen molar-refractivity contribution in [1.82, 2.24) is 0 Å². The van der Waals surface area contributed by atoms with Gasteiger partial charge in [0, 0.05) is 50.6 Å². The average molecular weight is 840 g/mol. The molecule has 0 amide bonds. The van der Waals surface area contributed by atoms with Gasteiger partial charge in [0.25, 0.3) is 6.71 Å². The van der Waals surface area contributed by atoms with Crippen molar-refractivity contribution in [3.63, 3.8) is 0 Å². The molecule has 4 unspecified atom stereocenters. The molecule has 64 heavy (non-hydrogen) atoms. The van der Waals surface area contributed by atoms with Crippen molar-refractivity contribution in [2.45, 2.75) is 154 Å². The van der Waals surface area contributed by atoms with Gasteiger partial charge in [-0.15, -0.1) is 0 Å². The molecule has 2 aliphatic carbocycles. The fourth-order valence-corrected chi connectivity index (χ4v) is 14.2. The second-order valence-electron chi connectivity index (χ2n) is 23.8. The lowest BCUT2D eigenvalue weighted by Crippen LogP contribution is -2.64. The van der Waals surface area contributed by atoms with Crippen LogP contribution >= 0.6 is 0 Å². The van der Waals surface area contributed by atoms with Gasteiger partial charge in [0.15, 0.2) is 0 Å². The Morgan fingerprint density at radius 1 is 0.516 bits per heavy atom. The van der Waals surface area contributed by atoms with Crippen LogP contribution in [0.15, 0.2) is 109 Å². The number of anilines is 7. The number of benzene rings is 6. The standard InChI is InChI=1S/C60H66BN3/c1-37-18-17-20-42(30-37)62-50-31-38(2)22-24-47(50)61-48-34-41(56(6,7)8)33-46-54(48)64(60(12)44-21-14-13-19-39(44)26-29-58(46,60)10)52-36-43(35-51(62)53(52)61)63-49-25-23-40(55(3,4)5)32-45(49)57(9)27-15-16-28-59(57,63)11/h13-14,17-25,30-36H,15-16,26-29H2,1-12H3. The van der Waals surface area contributed by atoms with Gasteiger partial charge in [-0.3, -0.25) is 0 Å². The monoisotopic (exact) mass is 840 g/mol. The Kier molecular flexibility index (Phi) is 8.04. The van der Waals surface area contributed by atoms with Gasteiger partial charge < -0.3 is 14.7 Å². The van der Waals surface area contributed by atoms with Crippen LogP contribution in [-0.4, -0.2) is 12.3 Å². The van der Waals surface area contributed by atoms with E-state index in [1.165, 1.54) is 120 Å². The first-order valence-electron chi connectivity index (χ1n) is 24.5. The Labute approximate surface area is 384 Å². The van der Waals surface area contributed by atoms with Crippen LogP contribution in [0.25, 0.3) is 0 Å². The zero-order valence-electron chi connectivity index (χ0n) is 40.6. The van der Waals surface area contributed by atoms with E-state index in [1.807, 2.05) is 0 Å². The van der Waals surface area contributed by atoms with Crippen molar-refractivity contribution in [1.29, 1.82) is 0 Å². The van der Waals surface area contributed by atoms with Gasteiger partial charge in [-0.2, -0.15) is 0 Å². The quantitative estimate of drug-likeness (QED) is 0.161. The molecule has 0 N–H and O–H groups in total. The summed E-state index contributed by atoms with van der Waals surface area (Å²) in [5.41, 5.74) is 24.7. The lowest BCUT2D eigenvalue weighted by molar-refractivity contribution is 0.195. The molecule has 4 heteroatoms. The van der Waals surface area contributed by atoms with Crippen molar-refractivity contribution in [2.24, 2.45) is 0 Å². The first kappa shape index (κ1) is 40.3. The highest BCUT2D eigenvalue weighted by Gasteiger charge is 2.64. The molecule has 6 aromatic carbocycles. The molecular formula is C60H66BN3. The zero-order chi connectivity index (χ0) is 44.7. The minimum absolute atomic E-state index is 0.0122. The van der Waals surface area contributed by atoms with E-state index in [1.54, 1.807) is 0 Å². The Morgan fingerprint density at radius 3 is 2.00 bits per heavy atom. The molecule has 1 fully saturated rings. The van der Waals surface area contributed by atoms with Gasteiger partial charge in [-0.1, -0.05) is 141 Å².